The predicted octanol–water partition coefficient (Wildman–Crippen LogP) is 2.31. The Labute approximate surface area is 128 Å². The van der Waals surface area contributed by atoms with E-state index in [0.717, 1.165) is 0 Å². The van der Waals surface area contributed by atoms with E-state index in [9.17, 15) is 14.4 Å². The molecule has 6 nitrogen and oxygen atoms in total. The number of carbonyl (C=O) groups is 3. The molecule has 0 aliphatic carbocycles. The summed E-state index contributed by atoms with van der Waals surface area (Å²) in [4.78, 5) is 34.6. The van der Waals surface area contributed by atoms with Crippen LogP contribution in [0.2, 0.25) is 0 Å². The molecule has 0 spiro atoms. The van der Waals surface area contributed by atoms with Crippen LogP contribution in [0, 0.1) is 0 Å². The molecule has 22 heavy (non-hydrogen) atoms. The third-order valence-electron chi connectivity index (χ3n) is 2.79. The van der Waals surface area contributed by atoms with Crippen LogP contribution in [0.5, 0.6) is 11.5 Å². The highest BCUT2D eigenvalue weighted by Gasteiger charge is 2.24. The van der Waals surface area contributed by atoms with Gasteiger partial charge in [-0.2, -0.15) is 0 Å². The zero-order valence-electron chi connectivity index (χ0n) is 12.8. The Bertz CT molecular complexity index is 590. The van der Waals surface area contributed by atoms with Gasteiger partial charge in [-0.3, -0.25) is 4.79 Å². The van der Waals surface area contributed by atoms with Crippen molar-refractivity contribution >= 4 is 18.2 Å². The van der Waals surface area contributed by atoms with Crippen molar-refractivity contribution in [3.63, 3.8) is 0 Å². The molecule has 0 saturated carbocycles. The molecular weight excluding hydrogens is 288 g/mol. The highest BCUT2D eigenvalue weighted by Crippen LogP contribution is 2.23. The van der Waals surface area contributed by atoms with E-state index >= 15 is 0 Å². The molecule has 0 N–H and O–H groups in total. The minimum atomic E-state index is -1.06. The molecule has 6 heteroatoms. The number of ether oxygens (including phenoxy) is 3. The largest absolute Gasteiger partial charge is 0.497 e. The Balaban J connectivity index is 2.88. The maximum Gasteiger partial charge on any atom is 0.352 e. The Morgan fingerprint density at radius 1 is 1.36 bits per heavy atom. The van der Waals surface area contributed by atoms with Crippen LogP contribution < -0.4 is 9.47 Å². The number of carbonyl (C=O) groups excluding carboxylic acids is 3. The second-order valence-corrected chi connectivity index (χ2v) is 4.53. The van der Waals surface area contributed by atoms with Crippen LogP contribution >= 0.6 is 0 Å². The molecule has 1 aromatic carbocycles. The molecule has 1 unspecified atom stereocenters. The van der Waals surface area contributed by atoms with E-state index < -0.39 is 18.0 Å². The van der Waals surface area contributed by atoms with Crippen molar-refractivity contribution < 1.29 is 28.6 Å². The van der Waals surface area contributed by atoms with Crippen molar-refractivity contribution in [2.24, 2.45) is 0 Å². The average molecular weight is 306 g/mol. The topological polar surface area (TPSA) is 78.9 Å². The number of aldehydes is 1. The van der Waals surface area contributed by atoms with Crippen LogP contribution in [0.25, 0.3) is 0 Å². The van der Waals surface area contributed by atoms with Crippen LogP contribution in [0.4, 0.5) is 0 Å². The van der Waals surface area contributed by atoms with Crippen LogP contribution in [0.3, 0.4) is 0 Å². The molecule has 0 amide bonds. The summed E-state index contributed by atoms with van der Waals surface area (Å²) >= 11 is 0. The summed E-state index contributed by atoms with van der Waals surface area (Å²) in [7, 11) is 1.46. The summed E-state index contributed by atoms with van der Waals surface area (Å²) in [5, 5.41) is 0. The zero-order valence-corrected chi connectivity index (χ0v) is 12.8. The number of benzene rings is 1. The van der Waals surface area contributed by atoms with Gasteiger partial charge in [0.25, 0.3) is 0 Å². The SMILES string of the molecule is C=C(C)C(=O)OC(CC)C(=O)Oc1ccc(OC)cc1C=O. The fourth-order valence-corrected chi connectivity index (χ4v) is 1.54. The summed E-state index contributed by atoms with van der Waals surface area (Å²) in [5.41, 5.74) is 0.345. The van der Waals surface area contributed by atoms with Crippen molar-refractivity contribution in [2.75, 3.05) is 7.11 Å². The van der Waals surface area contributed by atoms with Gasteiger partial charge in [0.1, 0.15) is 11.5 Å². The molecule has 0 aliphatic rings. The number of rotatable bonds is 7. The van der Waals surface area contributed by atoms with E-state index in [1.54, 1.807) is 13.0 Å². The summed E-state index contributed by atoms with van der Waals surface area (Å²) < 4.78 is 15.1. The minimum Gasteiger partial charge on any atom is -0.497 e. The van der Waals surface area contributed by atoms with Gasteiger partial charge in [-0.15, -0.1) is 0 Å². The van der Waals surface area contributed by atoms with Gasteiger partial charge in [0.05, 0.1) is 12.7 Å². The highest BCUT2D eigenvalue weighted by atomic mass is 16.6. The van der Waals surface area contributed by atoms with E-state index in [0.29, 0.717) is 12.0 Å². The van der Waals surface area contributed by atoms with Crippen molar-refractivity contribution in [3.8, 4) is 11.5 Å². The summed E-state index contributed by atoms with van der Waals surface area (Å²) in [6, 6.07) is 4.43. The lowest BCUT2D eigenvalue weighted by Gasteiger charge is -2.16. The lowest BCUT2D eigenvalue weighted by molar-refractivity contribution is -0.159. The van der Waals surface area contributed by atoms with Gasteiger partial charge in [0.2, 0.25) is 0 Å². The molecule has 0 aliphatic heterocycles. The van der Waals surface area contributed by atoms with Crippen molar-refractivity contribution in [1.29, 1.82) is 0 Å². The van der Waals surface area contributed by atoms with Gasteiger partial charge in [-0.1, -0.05) is 13.5 Å². The van der Waals surface area contributed by atoms with Gasteiger partial charge in [0, 0.05) is 5.57 Å². The molecule has 0 heterocycles. The van der Waals surface area contributed by atoms with Crippen LogP contribution in [0.1, 0.15) is 30.6 Å². The van der Waals surface area contributed by atoms with Crippen molar-refractivity contribution in [2.45, 2.75) is 26.4 Å². The quantitative estimate of drug-likeness (QED) is 0.333. The van der Waals surface area contributed by atoms with Crippen LogP contribution in [-0.4, -0.2) is 31.4 Å². The smallest absolute Gasteiger partial charge is 0.352 e. The molecule has 0 aromatic heterocycles. The first-order valence-corrected chi connectivity index (χ1v) is 6.64. The van der Waals surface area contributed by atoms with E-state index in [2.05, 4.69) is 6.58 Å². The number of esters is 2. The summed E-state index contributed by atoms with van der Waals surface area (Å²) in [5.74, 6) is -0.896. The van der Waals surface area contributed by atoms with Gasteiger partial charge < -0.3 is 14.2 Å². The monoisotopic (exact) mass is 306 g/mol. The first kappa shape index (κ1) is 17.4. The molecule has 0 saturated heterocycles. The standard InChI is InChI=1S/C16H18O6/c1-5-13(21-15(18)10(2)3)16(19)22-14-7-6-12(20-4)8-11(14)9-17/h6-9,13H,2,5H2,1,3-4H3. The van der Waals surface area contributed by atoms with E-state index in [1.807, 2.05) is 0 Å². The molecule has 1 rings (SSSR count). The van der Waals surface area contributed by atoms with E-state index in [-0.39, 0.29) is 23.3 Å². The van der Waals surface area contributed by atoms with E-state index in [1.165, 1.54) is 26.2 Å². The van der Waals surface area contributed by atoms with Gasteiger partial charge >= 0.3 is 11.9 Å². The molecule has 0 radical (unpaired) electrons. The minimum absolute atomic E-state index is 0.0747. The highest BCUT2D eigenvalue weighted by molar-refractivity contribution is 5.90. The Morgan fingerprint density at radius 3 is 2.55 bits per heavy atom. The predicted molar refractivity (Wildman–Crippen MR) is 79.0 cm³/mol. The second-order valence-electron chi connectivity index (χ2n) is 4.53. The van der Waals surface area contributed by atoms with Crippen molar-refractivity contribution in [1.82, 2.24) is 0 Å². The summed E-state index contributed by atoms with van der Waals surface area (Å²) in [6.07, 6.45) is -0.276. The zero-order chi connectivity index (χ0) is 16.7. The normalized spacial score (nSPS) is 11.2. The second kappa shape index (κ2) is 7.97. The molecule has 1 atom stereocenters. The molecular formula is C16H18O6. The Hall–Kier alpha value is -2.63. The maximum atomic E-state index is 12.0. The van der Waals surface area contributed by atoms with Gasteiger partial charge in [0.15, 0.2) is 12.4 Å². The fourth-order valence-electron chi connectivity index (χ4n) is 1.54. The average Bonchev–Trinajstić information content (AvgIpc) is 2.52. The molecule has 118 valence electrons. The lowest BCUT2D eigenvalue weighted by atomic mass is 10.2. The molecule has 0 fully saturated rings. The number of methoxy groups -OCH3 is 1. The lowest BCUT2D eigenvalue weighted by Crippen LogP contribution is -2.31. The first-order chi connectivity index (χ1) is 10.4. The third-order valence-corrected chi connectivity index (χ3v) is 2.79. The maximum absolute atomic E-state index is 12.0. The Morgan fingerprint density at radius 2 is 2.05 bits per heavy atom. The molecule has 1 aromatic rings. The molecule has 0 bridgehead atoms. The fraction of sp³-hybridized carbons (Fsp3) is 0.312. The van der Waals surface area contributed by atoms with Crippen molar-refractivity contribution in [3.05, 3.63) is 35.9 Å². The third kappa shape index (κ3) is 4.44. The van der Waals surface area contributed by atoms with Crippen LogP contribution in [-0.2, 0) is 14.3 Å². The van der Waals surface area contributed by atoms with Gasteiger partial charge in [-0.05, 0) is 31.5 Å². The number of hydrogen-bond acceptors (Lipinski definition) is 6. The summed E-state index contributed by atoms with van der Waals surface area (Å²) in [6.45, 7) is 6.60. The van der Waals surface area contributed by atoms with Crippen LogP contribution in [0.15, 0.2) is 30.4 Å². The number of hydrogen-bond donors (Lipinski definition) is 0. The Kier molecular flexibility index (Phi) is 6.31. The first-order valence-electron chi connectivity index (χ1n) is 6.64. The van der Waals surface area contributed by atoms with E-state index in [4.69, 9.17) is 14.2 Å². The van der Waals surface area contributed by atoms with Gasteiger partial charge in [-0.25, -0.2) is 9.59 Å².